The Bertz CT molecular complexity index is 231. The third-order valence-electron chi connectivity index (χ3n) is 1.99. The molecule has 0 aromatic rings. The molecule has 0 aliphatic carbocycles. The van der Waals surface area contributed by atoms with Gasteiger partial charge >= 0.3 is 0 Å². The van der Waals surface area contributed by atoms with E-state index in [1.165, 1.54) is 4.90 Å². The molecule has 16 heavy (non-hydrogen) atoms. The van der Waals surface area contributed by atoms with E-state index in [9.17, 15) is 9.59 Å². The van der Waals surface area contributed by atoms with Gasteiger partial charge in [-0.2, -0.15) is 0 Å². The molecule has 0 unspecified atom stereocenters. The Hall–Kier alpha value is -1.14. The molecule has 0 spiro atoms. The van der Waals surface area contributed by atoms with Crippen LogP contribution >= 0.6 is 0 Å². The zero-order valence-electron chi connectivity index (χ0n) is 10.2. The molecule has 3 N–H and O–H groups in total. The first-order valence-electron chi connectivity index (χ1n) is 5.25. The maximum Gasteiger partial charge on any atom is 0.239 e. The third kappa shape index (κ3) is 6.36. The molecule has 0 fully saturated rings. The van der Waals surface area contributed by atoms with Crippen molar-refractivity contribution in [1.29, 1.82) is 0 Å². The van der Waals surface area contributed by atoms with Gasteiger partial charge in [0.2, 0.25) is 11.8 Å². The molecule has 6 nitrogen and oxygen atoms in total. The number of likely N-dealkylation sites (N-methyl/N-ethyl adjacent to an activating group) is 1. The second kappa shape index (κ2) is 8.06. The Morgan fingerprint density at radius 1 is 1.50 bits per heavy atom. The van der Waals surface area contributed by atoms with Gasteiger partial charge < -0.3 is 20.7 Å². The van der Waals surface area contributed by atoms with Crippen molar-refractivity contribution in [2.45, 2.75) is 19.4 Å². The van der Waals surface area contributed by atoms with Gasteiger partial charge in [-0.05, 0) is 13.3 Å². The van der Waals surface area contributed by atoms with Crippen LogP contribution in [0.15, 0.2) is 0 Å². The van der Waals surface area contributed by atoms with Crippen molar-refractivity contribution in [3.05, 3.63) is 0 Å². The second-order valence-corrected chi connectivity index (χ2v) is 3.68. The molecule has 0 aliphatic heterocycles. The summed E-state index contributed by atoms with van der Waals surface area (Å²) in [5.41, 5.74) is 5.41. The average molecular weight is 231 g/mol. The molecule has 0 bridgehead atoms. The van der Waals surface area contributed by atoms with E-state index in [4.69, 9.17) is 10.5 Å². The second-order valence-electron chi connectivity index (χ2n) is 3.68. The number of carbonyl (C=O) groups is 2. The maximum absolute atomic E-state index is 11.4. The predicted octanol–water partition coefficient (Wildman–Crippen LogP) is -1.06. The highest BCUT2D eigenvalue weighted by Gasteiger charge is 2.15. The van der Waals surface area contributed by atoms with Crippen LogP contribution in [-0.2, 0) is 14.3 Å². The van der Waals surface area contributed by atoms with E-state index < -0.39 is 6.04 Å². The van der Waals surface area contributed by atoms with Crippen molar-refractivity contribution in [2.75, 3.05) is 33.9 Å². The summed E-state index contributed by atoms with van der Waals surface area (Å²) in [5.74, 6) is -0.431. The summed E-state index contributed by atoms with van der Waals surface area (Å²) in [5, 5.41) is 2.69. The standard InChI is InChI=1S/C10H21N3O3/c1-8(11)10(15)13(2)7-9(14)12-5-4-6-16-3/h8H,4-7,11H2,1-3H3,(H,12,14)/t8-/m1/s1. The fourth-order valence-corrected chi connectivity index (χ4v) is 1.14. The number of hydrogen-bond acceptors (Lipinski definition) is 4. The Balaban J connectivity index is 3.74. The molecule has 0 saturated carbocycles. The number of rotatable bonds is 7. The van der Waals surface area contributed by atoms with Crippen molar-refractivity contribution in [1.82, 2.24) is 10.2 Å². The minimum Gasteiger partial charge on any atom is -0.385 e. The molecule has 0 rings (SSSR count). The molecule has 0 saturated heterocycles. The van der Waals surface area contributed by atoms with Crippen LogP contribution in [0.2, 0.25) is 0 Å². The molecule has 0 aromatic carbocycles. The van der Waals surface area contributed by atoms with Gasteiger partial charge in [0, 0.05) is 27.3 Å². The fraction of sp³-hybridized carbons (Fsp3) is 0.800. The molecular formula is C10H21N3O3. The van der Waals surface area contributed by atoms with E-state index in [0.717, 1.165) is 6.42 Å². The minimum absolute atomic E-state index is 0.0351. The summed E-state index contributed by atoms with van der Waals surface area (Å²) < 4.78 is 4.84. The summed E-state index contributed by atoms with van der Waals surface area (Å²) in [6.45, 7) is 2.78. The van der Waals surface area contributed by atoms with Crippen LogP contribution in [0.1, 0.15) is 13.3 Å². The molecule has 1 atom stereocenters. The van der Waals surface area contributed by atoms with Crippen LogP contribution in [0.3, 0.4) is 0 Å². The fourth-order valence-electron chi connectivity index (χ4n) is 1.14. The third-order valence-corrected chi connectivity index (χ3v) is 1.99. The van der Waals surface area contributed by atoms with Gasteiger partial charge in [-0.1, -0.05) is 0 Å². The molecule has 0 radical (unpaired) electrons. The van der Waals surface area contributed by atoms with Crippen molar-refractivity contribution in [2.24, 2.45) is 5.73 Å². The Labute approximate surface area is 96.1 Å². The summed E-state index contributed by atoms with van der Waals surface area (Å²) in [6, 6.07) is -0.578. The monoisotopic (exact) mass is 231 g/mol. The zero-order valence-corrected chi connectivity index (χ0v) is 10.2. The summed E-state index contributed by atoms with van der Waals surface area (Å²) >= 11 is 0. The number of carbonyl (C=O) groups excluding carboxylic acids is 2. The van der Waals surface area contributed by atoms with Crippen molar-refractivity contribution in [3.8, 4) is 0 Å². The number of nitrogens with one attached hydrogen (secondary N) is 1. The van der Waals surface area contributed by atoms with Crippen LogP contribution in [0, 0.1) is 0 Å². The van der Waals surface area contributed by atoms with Gasteiger partial charge in [-0.3, -0.25) is 9.59 Å². The van der Waals surface area contributed by atoms with Crippen molar-refractivity contribution < 1.29 is 14.3 Å². The van der Waals surface area contributed by atoms with Gasteiger partial charge in [0.05, 0.1) is 12.6 Å². The normalized spacial score (nSPS) is 12.0. The van der Waals surface area contributed by atoms with E-state index in [2.05, 4.69) is 5.32 Å². The van der Waals surface area contributed by atoms with Gasteiger partial charge in [0.25, 0.3) is 0 Å². The van der Waals surface area contributed by atoms with Gasteiger partial charge in [0.1, 0.15) is 0 Å². The molecule has 2 amide bonds. The molecular weight excluding hydrogens is 210 g/mol. The van der Waals surface area contributed by atoms with Gasteiger partial charge in [-0.15, -0.1) is 0 Å². The highest BCUT2D eigenvalue weighted by molar-refractivity contribution is 5.86. The number of hydrogen-bond donors (Lipinski definition) is 2. The van der Waals surface area contributed by atoms with E-state index in [1.807, 2.05) is 0 Å². The highest BCUT2D eigenvalue weighted by Crippen LogP contribution is 1.89. The van der Waals surface area contributed by atoms with Gasteiger partial charge in [-0.25, -0.2) is 0 Å². The number of nitrogens with two attached hydrogens (primary N) is 1. The topological polar surface area (TPSA) is 84.7 Å². The summed E-state index contributed by atoms with van der Waals surface area (Å²) in [6.07, 6.45) is 0.757. The average Bonchev–Trinajstić information content (AvgIpc) is 2.23. The van der Waals surface area contributed by atoms with Crippen LogP contribution in [-0.4, -0.2) is 56.6 Å². The lowest BCUT2D eigenvalue weighted by atomic mass is 10.3. The zero-order chi connectivity index (χ0) is 12.6. The lowest BCUT2D eigenvalue weighted by Gasteiger charge is -2.18. The molecule has 94 valence electrons. The van der Waals surface area contributed by atoms with E-state index in [-0.39, 0.29) is 18.4 Å². The molecule has 0 aliphatic rings. The molecule has 0 aromatic heterocycles. The van der Waals surface area contributed by atoms with E-state index in [0.29, 0.717) is 13.2 Å². The highest BCUT2D eigenvalue weighted by atomic mass is 16.5. The quantitative estimate of drug-likeness (QED) is 0.547. The van der Waals surface area contributed by atoms with E-state index in [1.54, 1.807) is 21.1 Å². The van der Waals surface area contributed by atoms with Crippen molar-refractivity contribution >= 4 is 11.8 Å². The Kier molecular flexibility index (Phi) is 7.49. The first kappa shape index (κ1) is 14.9. The van der Waals surface area contributed by atoms with Crippen LogP contribution in [0.25, 0.3) is 0 Å². The first-order chi connectivity index (χ1) is 7.49. The Morgan fingerprint density at radius 2 is 2.12 bits per heavy atom. The first-order valence-corrected chi connectivity index (χ1v) is 5.25. The lowest BCUT2D eigenvalue weighted by Crippen LogP contribution is -2.44. The summed E-state index contributed by atoms with van der Waals surface area (Å²) in [7, 11) is 3.16. The number of nitrogens with zero attached hydrogens (tertiary/aromatic N) is 1. The smallest absolute Gasteiger partial charge is 0.239 e. The van der Waals surface area contributed by atoms with Crippen LogP contribution in [0.5, 0.6) is 0 Å². The SMILES string of the molecule is COCCCNC(=O)CN(C)C(=O)[C@@H](C)N. The van der Waals surface area contributed by atoms with Crippen LogP contribution < -0.4 is 11.1 Å². The number of ether oxygens (including phenoxy) is 1. The number of amides is 2. The molecule has 0 heterocycles. The van der Waals surface area contributed by atoms with Crippen LogP contribution in [0.4, 0.5) is 0 Å². The van der Waals surface area contributed by atoms with Gasteiger partial charge in [0.15, 0.2) is 0 Å². The predicted molar refractivity (Wildman–Crippen MR) is 60.8 cm³/mol. The molecule has 6 heteroatoms. The largest absolute Gasteiger partial charge is 0.385 e. The van der Waals surface area contributed by atoms with E-state index >= 15 is 0 Å². The maximum atomic E-state index is 11.4. The summed E-state index contributed by atoms with van der Waals surface area (Å²) in [4.78, 5) is 24.0. The van der Waals surface area contributed by atoms with Crippen molar-refractivity contribution in [3.63, 3.8) is 0 Å². The Morgan fingerprint density at radius 3 is 2.62 bits per heavy atom. The minimum atomic E-state index is -0.578. The number of methoxy groups -OCH3 is 1. The lowest BCUT2D eigenvalue weighted by molar-refractivity contribution is -0.135.